The molecular formula is C18H14F4N2O2. The molecule has 0 N–H and O–H groups in total. The molecule has 136 valence electrons. The van der Waals surface area contributed by atoms with Crippen molar-refractivity contribution < 1.29 is 27.1 Å². The summed E-state index contributed by atoms with van der Waals surface area (Å²) in [6.07, 6.45) is -1.42. The number of fused-ring (bicyclic) bond motifs is 1. The summed E-state index contributed by atoms with van der Waals surface area (Å²) in [5, 5.41) is 0. The molecule has 26 heavy (non-hydrogen) atoms. The summed E-state index contributed by atoms with van der Waals surface area (Å²) in [5.41, 5.74) is -0.197. The van der Waals surface area contributed by atoms with Gasteiger partial charge in [0, 0.05) is 6.07 Å². The van der Waals surface area contributed by atoms with Crippen LogP contribution in [-0.4, -0.2) is 17.3 Å². The molecule has 0 aliphatic carbocycles. The second-order valence-corrected chi connectivity index (χ2v) is 6.30. The van der Waals surface area contributed by atoms with Gasteiger partial charge in [-0.3, -0.25) is 14.7 Å². The van der Waals surface area contributed by atoms with Gasteiger partial charge >= 0.3 is 6.36 Å². The Balaban J connectivity index is 2.15. The highest BCUT2D eigenvalue weighted by Crippen LogP contribution is 2.47. The molecule has 0 radical (unpaired) electrons. The van der Waals surface area contributed by atoms with E-state index >= 15 is 0 Å². The Kier molecular flexibility index (Phi) is 4.01. The second kappa shape index (κ2) is 5.82. The Hall–Kier alpha value is -2.90. The summed E-state index contributed by atoms with van der Waals surface area (Å²) in [5.74, 6) is -1.77. The maximum Gasteiger partial charge on any atom is 0.573 e. The molecule has 0 saturated heterocycles. The van der Waals surface area contributed by atoms with Crippen LogP contribution in [0.2, 0.25) is 0 Å². The number of pyridine rings is 1. The number of alkyl halides is 3. The van der Waals surface area contributed by atoms with Crippen molar-refractivity contribution in [3.8, 4) is 5.75 Å². The molecule has 4 nitrogen and oxygen atoms in total. The van der Waals surface area contributed by atoms with Gasteiger partial charge in [0.1, 0.15) is 11.6 Å². The minimum absolute atomic E-state index is 0.0171. The van der Waals surface area contributed by atoms with E-state index in [1.165, 1.54) is 18.3 Å². The number of carbonyl (C=O) groups excluding carboxylic acids is 1. The molecule has 0 saturated carbocycles. The van der Waals surface area contributed by atoms with Crippen LogP contribution in [0.15, 0.2) is 37.2 Å². The molecule has 1 aliphatic rings. The van der Waals surface area contributed by atoms with Crippen molar-refractivity contribution in [3.63, 3.8) is 0 Å². The molecule has 2 heterocycles. The minimum Gasteiger partial charge on any atom is -0.404 e. The van der Waals surface area contributed by atoms with Gasteiger partial charge in [-0.05, 0) is 37.1 Å². The standard InChI is InChI=1S/C18H14F4N2O2/c1-4-10-5-13-15(14(19)6-10)24(16(25)17(13,2)3)11-7-12(9-23-8-11)26-18(20,21)22/h4-9H,1H2,2-3H3. The van der Waals surface area contributed by atoms with Crippen molar-refractivity contribution in [2.45, 2.75) is 25.6 Å². The highest BCUT2D eigenvalue weighted by Gasteiger charge is 2.46. The van der Waals surface area contributed by atoms with Crippen LogP contribution >= 0.6 is 0 Å². The van der Waals surface area contributed by atoms with Gasteiger partial charge in [0.2, 0.25) is 5.91 Å². The van der Waals surface area contributed by atoms with E-state index in [2.05, 4.69) is 16.3 Å². The van der Waals surface area contributed by atoms with Crippen LogP contribution in [0.4, 0.5) is 28.9 Å². The summed E-state index contributed by atoms with van der Waals surface area (Å²) in [6, 6.07) is 3.83. The Bertz CT molecular complexity index is 907. The molecule has 0 bridgehead atoms. The van der Waals surface area contributed by atoms with E-state index in [1.54, 1.807) is 19.9 Å². The van der Waals surface area contributed by atoms with Gasteiger partial charge in [-0.15, -0.1) is 13.2 Å². The first-order valence-corrected chi connectivity index (χ1v) is 7.56. The molecule has 8 heteroatoms. The van der Waals surface area contributed by atoms with E-state index in [0.29, 0.717) is 11.1 Å². The topological polar surface area (TPSA) is 42.4 Å². The number of hydrogen-bond acceptors (Lipinski definition) is 3. The Morgan fingerprint density at radius 3 is 2.54 bits per heavy atom. The quantitative estimate of drug-likeness (QED) is 0.739. The van der Waals surface area contributed by atoms with E-state index in [1.807, 2.05) is 0 Å². The SMILES string of the molecule is C=Cc1cc(F)c2c(c1)C(C)(C)C(=O)N2c1cncc(OC(F)(F)F)c1. The average molecular weight is 366 g/mol. The van der Waals surface area contributed by atoms with E-state index in [4.69, 9.17) is 0 Å². The first-order chi connectivity index (χ1) is 12.0. The van der Waals surface area contributed by atoms with Crippen molar-refractivity contribution in [2.24, 2.45) is 0 Å². The lowest BCUT2D eigenvalue weighted by atomic mass is 9.85. The van der Waals surface area contributed by atoms with Crippen LogP contribution < -0.4 is 9.64 Å². The molecule has 1 amide bonds. The van der Waals surface area contributed by atoms with E-state index < -0.39 is 29.3 Å². The zero-order valence-electron chi connectivity index (χ0n) is 13.9. The zero-order valence-corrected chi connectivity index (χ0v) is 13.9. The monoisotopic (exact) mass is 366 g/mol. The number of benzene rings is 1. The number of aromatic nitrogens is 1. The number of halogens is 4. The predicted molar refractivity (Wildman–Crippen MR) is 87.6 cm³/mol. The van der Waals surface area contributed by atoms with Gasteiger partial charge in [0.05, 0.1) is 29.2 Å². The normalized spacial score (nSPS) is 15.8. The van der Waals surface area contributed by atoms with E-state index in [0.717, 1.165) is 17.2 Å². The molecular weight excluding hydrogens is 352 g/mol. The number of amides is 1. The Labute approximate surface area is 146 Å². The van der Waals surface area contributed by atoms with Gasteiger partial charge in [-0.2, -0.15) is 0 Å². The third kappa shape index (κ3) is 2.91. The van der Waals surface area contributed by atoms with Crippen LogP contribution in [0.5, 0.6) is 5.75 Å². The van der Waals surface area contributed by atoms with E-state index in [-0.39, 0.29) is 11.4 Å². The van der Waals surface area contributed by atoms with Gasteiger partial charge in [0.15, 0.2) is 0 Å². The molecule has 2 aromatic rings. The Morgan fingerprint density at radius 1 is 1.23 bits per heavy atom. The summed E-state index contributed by atoms with van der Waals surface area (Å²) in [4.78, 5) is 17.6. The van der Waals surface area contributed by atoms with Crippen LogP contribution in [0.25, 0.3) is 6.08 Å². The smallest absolute Gasteiger partial charge is 0.404 e. The summed E-state index contributed by atoms with van der Waals surface area (Å²) >= 11 is 0. The van der Waals surface area contributed by atoms with Crippen molar-refractivity contribution >= 4 is 23.4 Å². The van der Waals surface area contributed by atoms with Crippen LogP contribution in [0.1, 0.15) is 25.0 Å². The summed E-state index contributed by atoms with van der Waals surface area (Å²) in [6.45, 7) is 6.82. The fourth-order valence-corrected chi connectivity index (χ4v) is 2.90. The summed E-state index contributed by atoms with van der Waals surface area (Å²) in [7, 11) is 0. The average Bonchev–Trinajstić information content (AvgIpc) is 2.74. The van der Waals surface area contributed by atoms with Gasteiger partial charge in [-0.1, -0.05) is 12.7 Å². The molecule has 3 rings (SSSR count). The maximum atomic E-state index is 14.7. The lowest BCUT2D eigenvalue weighted by Crippen LogP contribution is -2.33. The van der Waals surface area contributed by atoms with Crippen molar-refractivity contribution in [1.82, 2.24) is 4.98 Å². The molecule has 0 spiro atoms. The van der Waals surface area contributed by atoms with E-state index in [9.17, 15) is 22.4 Å². The highest BCUT2D eigenvalue weighted by atomic mass is 19.4. The summed E-state index contributed by atoms with van der Waals surface area (Å²) < 4.78 is 55.8. The zero-order chi connectivity index (χ0) is 19.3. The third-order valence-corrected chi connectivity index (χ3v) is 4.15. The molecule has 1 aromatic carbocycles. The lowest BCUT2D eigenvalue weighted by Gasteiger charge is -2.21. The van der Waals surface area contributed by atoms with Crippen molar-refractivity contribution in [1.29, 1.82) is 0 Å². The molecule has 1 aliphatic heterocycles. The molecule has 0 fully saturated rings. The van der Waals surface area contributed by atoms with Crippen LogP contribution in [0, 0.1) is 5.82 Å². The third-order valence-electron chi connectivity index (χ3n) is 4.15. The van der Waals surface area contributed by atoms with Crippen molar-refractivity contribution in [3.05, 3.63) is 54.1 Å². The van der Waals surface area contributed by atoms with Gasteiger partial charge in [-0.25, -0.2) is 4.39 Å². The fraction of sp³-hybridized carbons (Fsp3) is 0.222. The molecule has 0 unspecified atom stereocenters. The second-order valence-electron chi connectivity index (χ2n) is 6.30. The van der Waals surface area contributed by atoms with Crippen molar-refractivity contribution in [2.75, 3.05) is 4.90 Å². The number of ether oxygens (including phenoxy) is 1. The first kappa shape index (κ1) is 17.9. The number of anilines is 2. The fourth-order valence-electron chi connectivity index (χ4n) is 2.90. The molecule has 0 atom stereocenters. The number of hydrogen-bond donors (Lipinski definition) is 0. The van der Waals surface area contributed by atoms with Gasteiger partial charge in [0.25, 0.3) is 0 Å². The van der Waals surface area contributed by atoms with Crippen LogP contribution in [0.3, 0.4) is 0 Å². The minimum atomic E-state index is -4.91. The maximum absolute atomic E-state index is 14.7. The number of nitrogens with zero attached hydrogens (tertiary/aromatic N) is 2. The first-order valence-electron chi connectivity index (χ1n) is 7.56. The lowest BCUT2D eigenvalue weighted by molar-refractivity contribution is -0.274. The largest absolute Gasteiger partial charge is 0.573 e. The van der Waals surface area contributed by atoms with Gasteiger partial charge < -0.3 is 4.74 Å². The predicted octanol–water partition coefficient (Wildman–Crippen LogP) is 4.72. The Morgan fingerprint density at radius 2 is 1.92 bits per heavy atom. The number of carbonyl (C=O) groups is 1. The van der Waals surface area contributed by atoms with Crippen LogP contribution in [-0.2, 0) is 10.2 Å². The number of rotatable bonds is 3. The highest BCUT2D eigenvalue weighted by molar-refractivity contribution is 6.12. The molecule has 1 aromatic heterocycles.